The largest absolute Gasteiger partial charge is 0.394 e. The molecule has 0 aliphatic rings. The second-order valence-electron chi connectivity index (χ2n) is 3.58. The summed E-state index contributed by atoms with van der Waals surface area (Å²) >= 11 is 1.45. The minimum absolute atomic E-state index is 0.0396. The van der Waals surface area contributed by atoms with Crippen molar-refractivity contribution in [1.29, 1.82) is 0 Å². The van der Waals surface area contributed by atoms with Gasteiger partial charge in [-0.15, -0.1) is 0 Å². The third kappa shape index (κ3) is 6.31. The Morgan fingerprint density at radius 2 is 2.06 bits per heavy atom. The number of hydrogen-bond donors (Lipinski definition) is 3. The Morgan fingerprint density at radius 1 is 1.35 bits per heavy atom. The summed E-state index contributed by atoms with van der Waals surface area (Å²) in [4.78, 5) is 11.5. The van der Waals surface area contributed by atoms with Gasteiger partial charge >= 0.3 is 0 Å². The number of thioether (sulfide) groups is 1. The molecule has 5 heteroatoms. The third-order valence-electron chi connectivity index (χ3n) is 2.05. The molecule has 0 bridgehead atoms. The molecule has 17 heavy (non-hydrogen) atoms. The van der Waals surface area contributed by atoms with Crippen LogP contribution in [0.4, 0.5) is 5.69 Å². The van der Waals surface area contributed by atoms with Crippen molar-refractivity contribution in [2.24, 2.45) is 0 Å². The van der Waals surface area contributed by atoms with Crippen LogP contribution in [0.5, 0.6) is 0 Å². The molecule has 0 radical (unpaired) electrons. The van der Waals surface area contributed by atoms with E-state index in [2.05, 4.69) is 5.32 Å². The van der Waals surface area contributed by atoms with Crippen molar-refractivity contribution in [2.75, 3.05) is 23.4 Å². The highest BCUT2D eigenvalue weighted by atomic mass is 32.2. The van der Waals surface area contributed by atoms with Gasteiger partial charge in [-0.05, 0) is 12.1 Å². The van der Waals surface area contributed by atoms with Crippen molar-refractivity contribution in [3.05, 3.63) is 30.3 Å². The lowest BCUT2D eigenvalue weighted by molar-refractivity contribution is -0.115. The third-order valence-corrected chi connectivity index (χ3v) is 3.17. The Morgan fingerprint density at radius 3 is 2.71 bits per heavy atom. The van der Waals surface area contributed by atoms with E-state index in [0.29, 0.717) is 17.9 Å². The predicted octanol–water partition coefficient (Wildman–Crippen LogP) is 1.10. The molecule has 0 saturated carbocycles. The van der Waals surface area contributed by atoms with Gasteiger partial charge in [-0.2, -0.15) is 11.8 Å². The fourth-order valence-corrected chi connectivity index (χ4v) is 2.06. The molecule has 3 N–H and O–H groups in total. The number of benzene rings is 1. The molecule has 94 valence electrons. The maximum atomic E-state index is 11.5. The zero-order chi connectivity index (χ0) is 12.5. The standard InChI is InChI=1S/C12H17NO3S/c14-8-11(15)9-17-7-6-12(16)13-10-4-2-1-3-5-10/h1-5,11,14-15H,6-9H2,(H,13,16). The molecule has 1 rings (SSSR count). The molecule has 0 aromatic heterocycles. The highest BCUT2D eigenvalue weighted by molar-refractivity contribution is 7.99. The summed E-state index contributed by atoms with van der Waals surface area (Å²) in [6.07, 6.45) is -0.297. The van der Waals surface area contributed by atoms with Crippen molar-refractivity contribution < 1.29 is 15.0 Å². The fraction of sp³-hybridized carbons (Fsp3) is 0.417. The molecular weight excluding hydrogens is 238 g/mol. The average Bonchev–Trinajstić information content (AvgIpc) is 2.35. The first-order valence-electron chi connectivity index (χ1n) is 5.44. The Hall–Kier alpha value is -1.04. The van der Waals surface area contributed by atoms with E-state index in [-0.39, 0.29) is 12.5 Å². The van der Waals surface area contributed by atoms with Crippen molar-refractivity contribution in [3.63, 3.8) is 0 Å². The number of aliphatic hydroxyl groups is 2. The van der Waals surface area contributed by atoms with E-state index in [0.717, 1.165) is 5.69 Å². The Balaban J connectivity index is 2.14. The molecule has 0 saturated heterocycles. The lowest BCUT2D eigenvalue weighted by Gasteiger charge is -2.07. The smallest absolute Gasteiger partial charge is 0.225 e. The number of hydrogen-bond acceptors (Lipinski definition) is 4. The highest BCUT2D eigenvalue weighted by Gasteiger charge is 2.04. The van der Waals surface area contributed by atoms with Crippen LogP contribution in [0.1, 0.15) is 6.42 Å². The summed E-state index contributed by atoms with van der Waals surface area (Å²) in [6.45, 7) is -0.233. The summed E-state index contributed by atoms with van der Waals surface area (Å²) < 4.78 is 0. The average molecular weight is 255 g/mol. The van der Waals surface area contributed by atoms with Gasteiger partial charge in [0.25, 0.3) is 0 Å². The number of aliphatic hydroxyl groups excluding tert-OH is 2. The maximum Gasteiger partial charge on any atom is 0.225 e. The minimum atomic E-state index is -0.697. The monoisotopic (exact) mass is 255 g/mol. The molecule has 4 nitrogen and oxygen atoms in total. The number of para-hydroxylation sites is 1. The second kappa shape index (κ2) is 8.11. The van der Waals surface area contributed by atoms with Gasteiger partial charge in [0, 0.05) is 23.6 Å². The highest BCUT2D eigenvalue weighted by Crippen LogP contribution is 2.08. The first kappa shape index (κ1) is 14.0. The number of nitrogens with one attached hydrogen (secondary N) is 1. The van der Waals surface area contributed by atoms with Gasteiger partial charge in [0.2, 0.25) is 5.91 Å². The molecule has 1 unspecified atom stereocenters. The SMILES string of the molecule is O=C(CCSCC(O)CO)Nc1ccccc1. The van der Waals surface area contributed by atoms with Crippen molar-refractivity contribution in [2.45, 2.75) is 12.5 Å². The van der Waals surface area contributed by atoms with Gasteiger partial charge in [-0.3, -0.25) is 4.79 Å². The first-order valence-corrected chi connectivity index (χ1v) is 6.59. The number of carbonyl (C=O) groups excluding carboxylic acids is 1. The normalized spacial score (nSPS) is 12.1. The molecule has 1 amide bonds. The first-order chi connectivity index (χ1) is 8.22. The van der Waals surface area contributed by atoms with Crippen LogP contribution in [0.15, 0.2) is 30.3 Å². The van der Waals surface area contributed by atoms with Gasteiger partial charge in [0.05, 0.1) is 12.7 Å². The van der Waals surface area contributed by atoms with Crippen LogP contribution in [0.2, 0.25) is 0 Å². The van der Waals surface area contributed by atoms with E-state index in [1.54, 1.807) is 0 Å². The van der Waals surface area contributed by atoms with Crippen LogP contribution in [0.3, 0.4) is 0 Å². The summed E-state index contributed by atoms with van der Waals surface area (Å²) in [5.41, 5.74) is 0.790. The van der Waals surface area contributed by atoms with Crippen molar-refractivity contribution in [1.82, 2.24) is 0 Å². The number of anilines is 1. The molecule has 0 aliphatic heterocycles. The molecule has 1 atom stereocenters. The Labute approximate surface area is 105 Å². The van der Waals surface area contributed by atoms with E-state index >= 15 is 0 Å². The van der Waals surface area contributed by atoms with E-state index in [9.17, 15) is 4.79 Å². The fourth-order valence-electron chi connectivity index (χ4n) is 1.18. The number of carbonyl (C=O) groups is 1. The van der Waals surface area contributed by atoms with Crippen LogP contribution >= 0.6 is 11.8 Å². The van der Waals surface area contributed by atoms with Gasteiger partial charge in [0.15, 0.2) is 0 Å². The molecule has 1 aromatic rings. The molecule has 1 aromatic carbocycles. The Kier molecular flexibility index (Phi) is 6.69. The molecule has 0 spiro atoms. The molecule has 0 fully saturated rings. The number of rotatable bonds is 7. The van der Waals surface area contributed by atoms with Crippen molar-refractivity contribution in [3.8, 4) is 0 Å². The lowest BCUT2D eigenvalue weighted by Crippen LogP contribution is -2.16. The van der Waals surface area contributed by atoms with Gasteiger partial charge in [-0.1, -0.05) is 18.2 Å². The van der Waals surface area contributed by atoms with Crippen LogP contribution in [0.25, 0.3) is 0 Å². The van der Waals surface area contributed by atoms with Crippen LogP contribution in [-0.2, 0) is 4.79 Å². The molecule has 0 heterocycles. The topological polar surface area (TPSA) is 69.6 Å². The quantitative estimate of drug-likeness (QED) is 0.638. The molecule has 0 aliphatic carbocycles. The summed E-state index contributed by atoms with van der Waals surface area (Å²) in [6, 6.07) is 9.28. The minimum Gasteiger partial charge on any atom is -0.394 e. The summed E-state index contributed by atoms with van der Waals surface area (Å²) in [5.74, 6) is 1.05. The van der Waals surface area contributed by atoms with E-state index in [4.69, 9.17) is 10.2 Å². The van der Waals surface area contributed by atoms with E-state index < -0.39 is 6.10 Å². The van der Waals surface area contributed by atoms with Gasteiger partial charge in [0.1, 0.15) is 0 Å². The lowest BCUT2D eigenvalue weighted by atomic mass is 10.3. The van der Waals surface area contributed by atoms with E-state index in [1.165, 1.54) is 11.8 Å². The zero-order valence-electron chi connectivity index (χ0n) is 9.50. The predicted molar refractivity (Wildman–Crippen MR) is 70.1 cm³/mol. The Bertz CT molecular complexity index is 332. The van der Waals surface area contributed by atoms with Crippen LogP contribution < -0.4 is 5.32 Å². The second-order valence-corrected chi connectivity index (χ2v) is 4.73. The maximum absolute atomic E-state index is 11.5. The summed E-state index contributed by atoms with van der Waals surface area (Å²) in [5, 5.41) is 20.5. The number of amides is 1. The van der Waals surface area contributed by atoms with Gasteiger partial charge in [-0.25, -0.2) is 0 Å². The van der Waals surface area contributed by atoms with Crippen LogP contribution in [0, 0.1) is 0 Å². The zero-order valence-corrected chi connectivity index (χ0v) is 10.3. The van der Waals surface area contributed by atoms with E-state index in [1.807, 2.05) is 30.3 Å². The van der Waals surface area contributed by atoms with Crippen molar-refractivity contribution >= 4 is 23.4 Å². The van der Waals surface area contributed by atoms with Gasteiger partial charge < -0.3 is 15.5 Å². The molecular formula is C12H17NO3S. The summed E-state index contributed by atoms with van der Waals surface area (Å²) in [7, 11) is 0. The van der Waals surface area contributed by atoms with Crippen LogP contribution in [-0.4, -0.2) is 40.3 Å².